The zero-order valence-electron chi connectivity index (χ0n) is 19.6. The minimum atomic E-state index is -0.447. The molecule has 11 heteroatoms. The molecule has 0 spiro atoms. The molecule has 1 atom stereocenters. The molecule has 0 bridgehead atoms. The first-order valence-corrected chi connectivity index (χ1v) is 11.2. The molecule has 2 N–H and O–H groups in total. The fourth-order valence-corrected chi connectivity index (χ4v) is 3.68. The number of aryl methyl sites for hydroxylation is 1. The molecule has 1 amide bonds. The summed E-state index contributed by atoms with van der Waals surface area (Å²) in [6.07, 6.45) is 1.74. The first-order chi connectivity index (χ1) is 16.6. The number of methoxy groups -OCH3 is 1. The van der Waals surface area contributed by atoms with Gasteiger partial charge in [-0.05, 0) is 31.7 Å². The highest BCUT2D eigenvalue weighted by Gasteiger charge is 2.27. The van der Waals surface area contributed by atoms with Gasteiger partial charge < -0.3 is 29.4 Å². The van der Waals surface area contributed by atoms with E-state index in [0.717, 1.165) is 12.1 Å². The van der Waals surface area contributed by atoms with Crippen LogP contribution < -0.4 is 15.5 Å². The van der Waals surface area contributed by atoms with Gasteiger partial charge in [0.15, 0.2) is 5.69 Å². The third kappa shape index (κ3) is 5.67. The molecule has 0 saturated carbocycles. The quantitative estimate of drug-likeness (QED) is 0.452. The second kappa shape index (κ2) is 11.0. The minimum Gasteiger partial charge on any atom is -0.444 e. The van der Waals surface area contributed by atoms with Crippen LogP contribution in [0.15, 0.2) is 34.9 Å². The number of hydrogen-bond acceptors (Lipinski definition) is 10. The zero-order chi connectivity index (χ0) is 23.9. The van der Waals surface area contributed by atoms with Crippen molar-refractivity contribution in [1.29, 1.82) is 0 Å². The molecule has 34 heavy (non-hydrogen) atoms. The van der Waals surface area contributed by atoms with Crippen LogP contribution in [0.5, 0.6) is 0 Å². The molecule has 3 aromatic rings. The Balaban J connectivity index is 1.43. The van der Waals surface area contributed by atoms with Gasteiger partial charge in [-0.2, -0.15) is 0 Å². The number of anilines is 1. The molecule has 1 saturated heterocycles. The lowest BCUT2D eigenvalue weighted by molar-refractivity contribution is 0.104. The number of alkyl carbamates (subject to hydrolysis) is 1. The summed E-state index contributed by atoms with van der Waals surface area (Å²) in [7, 11) is 3.49. The molecule has 0 unspecified atom stereocenters. The maximum Gasteiger partial charge on any atom is 0.407 e. The van der Waals surface area contributed by atoms with Crippen LogP contribution in [0, 0.1) is 6.92 Å². The molecule has 2 aromatic heterocycles. The fourth-order valence-electron chi connectivity index (χ4n) is 3.68. The number of nitrogens with zero attached hydrogens (tertiary/aromatic N) is 5. The molecule has 0 aliphatic carbocycles. The average Bonchev–Trinajstić information content (AvgIpc) is 3.51. The predicted molar refractivity (Wildman–Crippen MR) is 125 cm³/mol. The monoisotopic (exact) mass is 467 g/mol. The van der Waals surface area contributed by atoms with Gasteiger partial charge in [0.05, 0.1) is 25.0 Å². The molecule has 0 radical (unpaired) electrons. The Morgan fingerprint density at radius 3 is 2.79 bits per heavy atom. The summed E-state index contributed by atoms with van der Waals surface area (Å²) in [4.78, 5) is 23.1. The van der Waals surface area contributed by atoms with Gasteiger partial charge in [-0.15, -0.1) is 10.2 Å². The Labute approximate surface area is 197 Å². The van der Waals surface area contributed by atoms with Crippen molar-refractivity contribution in [3.63, 3.8) is 0 Å². The molecular formula is C23H29N7O4. The van der Waals surface area contributed by atoms with E-state index in [4.69, 9.17) is 18.9 Å². The highest BCUT2D eigenvalue weighted by Crippen LogP contribution is 2.27. The van der Waals surface area contributed by atoms with Gasteiger partial charge in [-0.3, -0.25) is 4.98 Å². The SMILES string of the molecule is CNCc1ccc(-c2nnc(-c3nc(N4CC[C@@H](OC(=O)NCCOC)C4)cnc3C)o2)cc1. The van der Waals surface area contributed by atoms with Crippen LogP contribution in [0.3, 0.4) is 0 Å². The smallest absolute Gasteiger partial charge is 0.407 e. The lowest BCUT2D eigenvalue weighted by Gasteiger charge is -2.18. The Morgan fingerprint density at radius 1 is 1.24 bits per heavy atom. The van der Waals surface area contributed by atoms with E-state index in [9.17, 15) is 4.79 Å². The van der Waals surface area contributed by atoms with Gasteiger partial charge in [-0.1, -0.05) is 12.1 Å². The Morgan fingerprint density at radius 2 is 2.03 bits per heavy atom. The largest absolute Gasteiger partial charge is 0.444 e. The standard InChI is InChI=1S/C23H29N7O4/c1-15-20(22-29-28-21(34-22)17-6-4-16(5-7-17)12-24-2)27-19(13-26-15)30-10-8-18(14-30)33-23(31)25-9-11-32-3/h4-7,13,18,24H,8-12,14H2,1-3H3,(H,25,31)/t18-/m1/s1. The third-order valence-electron chi connectivity index (χ3n) is 5.47. The van der Waals surface area contributed by atoms with Crippen molar-refractivity contribution in [3.05, 3.63) is 41.7 Å². The number of amides is 1. The maximum atomic E-state index is 11.9. The van der Waals surface area contributed by atoms with Crippen molar-refractivity contribution in [3.8, 4) is 23.0 Å². The second-order valence-corrected chi connectivity index (χ2v) is 7.98. The predicted octanol–water partition coefficient (Wildman–Crippen LogP) is 2.17. The van der Waals surface area contributed by atoms with Crippen LogP contribution in [0.2, 0.25) is 0 Å². The topological polar surface area (TPSA) is 128 Å². The van der Waals surface area contributed by atoms with E-state index in [-0.39, 0.29) is 6.10 Å². The van der Waals surface area contributed by atoms with E-state index in [2.05, 4.69) is 25.8 Å². The number of hydrogen-bond donors (Lipinski definition) is 2. The molecule has 1 aromatic carbocycles. The summed E-state index contributed by atoms with van der Waals surface area (Å²) >= 11 is 0. The lowest BCUT2D eigenvalue weighted by Crippen LogP contribution is -2.32. The number of benzene rings is 1. The molecular weight excluding hydrogens is 438 g/mol. The van der Waals surface area contributed by atoms with Crippen molar-refractivity contribution in [2.45, 2.75) is 26.0 Å². The molecule has 1 fully saturated rings. The molecule has 4 rings (SSSR count). The molecule has 1 aliphatic rings. The van der Waals surface area contributed by atoms with Crippen molar-refractivity contribution in [2.75, 3.05) is 45.3 Å². The number of nitrogens with one attached hydrogen (secondary N) is 2. The van der Waals surface area contributed by atoms with Crippen LogP contribution in [0.4, 0.5) is 10.6 Å². The summed E-state index contributed by atoms with van der Waals surface area (Å²) in [5, 5.41) is 14.2. The third-order valence-corrected chi connectivity index (χ3v) is 5.47. The number of rotatable bonds is 9. The number of ether oxygens (including phenoxy) is 2. The number of aromatic nitrogens is 4. The average molecular weight is 468 g/mol. The molecule has 180 valence electrons. The highest BCUT2D eigenvalue weighted by atomic mass is 16.6. The Hall–Kier alpha value is -3.57. The van der Waals surface area contributed by atoms with Gasteiger partial charge >= 0.3 is 6.09 Å². The first-order valence-electron chi connectivity index (χ1n) is 11.2. The summed E-state index contributed by atoms with van der Waals surface area (Å²) in [5.41, 5.74) is 3.22. The molecule has 3 heterocycles. The Kier molecular flexibility index (Phi) is 7.65. The van der Waals surface area contributed by atoms with Gasteiger partial charge in [-0.25, -0.2) is 9.78 Å². The fraction of sp³-hybridized carbons (Fsp3) is 0.435. The van der Waals surface area contributed by atoms with Gasteiger partial charge in [0.2, 0.25) is 5.89 Å². The van der Waals surface area contributed by atoms with Crippen LogP contribution >= 0.6 is 0 Å². The lowest BCUT2D eigenvalue weighted by atomic mass is 10.1. The summed E-state index contributed by atoms with van der Waals surface area (Å²) in [6, 6.07) is 7.94. The normalized spacial score (nSPS) is 15.5. The van der Waals surface area contributed by atoms with E-state index in [1.807, 2.05) is 43.1 Å². The van der Waals surface area contributed by atoms with Crippen LogP contribution in [-0.4, -0.2) is 72.8 Å². The second-order valence-electron chi connectivity index (χ2n) is 7.98. The van der Waals surface area contributed by atoms with E-state index < -0.39 is 6.09 Å². The summed E-state index contributed by atoms with van der Waals surface area (Å²) in [6.45, 7) is 4.71. The minimum absolute atomic E-state index is 0.227. The Bertz CT molecular complexity index is 1100. The van der Waals surface area contributed by atoms with Gasteiger partial charge in [0.1, 0.15) is 11.9 Å². The zero-order valence-corrected chi connectivity index (χ0v) is 19.6. The van der Waals surface area contributed by atoms with Crippen molar-refractivity contribution in [2.24, 2.45) is 0 Å². The van der Waals surface area contributed by atoms with E-state index in [0.29, 0.717) is 61.6 Å². The van der Waals surface area contributed by atoms with Crippen molar-refractivity contribution >= 4 is 11.9 Å². The molecule has 1 aliphatic heterocycles. The highest BCUT2D eigenvalue weighted by molar-refractivity contribution is 5.67. The van der Waals surface area contributed by atoms with Crippen molar-refractivity contribution < 1.29 is 18.7 Å². The summed E-state index contributed by atoms with van der Waals surface area (Å²) in [5.74, 6) is 1.40. The number of carbonyl (C=O) groups excluding carboxylic acids is 1. The number of carbonyl (C=O) groups is 1. The van der Waals surface area contributed by atoms with Gasteiger partial charge in [0, 0.05) is 38.7 Å². The van der Waals surface area contributed by atoms with E-state index in [1.165, 1.54) is 5.56 Å². The van der Waals surface area contributed by atoms with E-state index in [1.54, 1.807) is 13.3 Å². The van der Waals surface area contributed by atoms with Crippen LogP contribution in [0.1, 0.15) is 17.7 Å². The summed E-state index contributed by atoms with van der Waals surface area (Å²) < 4.78 is 16.3. The van der Waals surface area contributed by atoms with E-state index >= 15 is 0 Å². The molecule has 11 nitrogen and oxygen atoms in total. The van der Waals surface area contributed by atoms with Crippen LogP contribution in [-0.2, 0) is 16.0 Å². The van der Waals surface area contributed by atoms with Crippen molar-refractivity contribution in [1.82, 2.24) is 30.8 Å². The first kappa shape index (κ1) is 23.6. The maximum absolute atomic E-state index is 11.9. The van der Waals surface area contributed by atoms with Crippen LogP contribution in [0.25, 0.3) is 23.0 Å². The van der Waals surface area contributed by atoms with Gasteiger partial charge in [0.25, 0.3) is 5.89 Å².